The monoisotopic (exact) mass is 461 g/mol. The third-order valence-corrected chi connectivity index (χ3v) is 6.57. The van der Waals surface area contributed by atoms with E-state index in [1.165, 1.54) is 12.1 Å². The third-order valence-electron chi connectivity index (χ3n) is 6.57. The number of piperazine rings is 1. The van der Waals surface area contributed by atoms with E-state index in [0.29, 0.717) is 38.2 Å². The molecule has 2 aromatic carbocycles. The standard InChI is InChI=1S/C28H32FN3O2/c1-4-5-6-27(33)30-15-17-31(18-16-30)28(34)25-19-26(22-9-11-23(29)12-10-22)32(21(25)3)24-13-7-20(2)8-14-24/h7-14,19H,4-6,15-18H2,1-3H3. The molecule has 2 heterocycles. The molecule has 0 bridgehead atoms. The Morgan fingerprint density at radius 1 is 0.882 bits per heavy atom. The molecule has 178 valence electrons. The Hall–Kier alpha value is -3.41. The summed E-state index contributed by atoms with van der Waals surface area (Å²) in [5, 5.41) is 0. The lowest BCUT2D eigenvalue weighted by molar-refractivity contribution is -0.132. The van der Waals surface area contributed by atoms with E-state index in [9.17, 15) is 14.0 Å². The summed E-state index contributed by atoms with van der Waals surface area (Å²) in [5.74, 6) is -0.154. The summed E-state index contributed by atoms with van der Waals surface area (Å²) >= 11 is 0. The summed E-state index contributed by atoms with van der Waals surface area (Å²) in [4.78, 5) is 29.6. The molecular weight excluding hydrogens is 429 g/mol. The van der Waals surface area contributed by atoms with Crippen molar-refractivity contribution in [1.82, 2.24) is 14.4 Å². The van der Waals surface area contributed by atoms with Crippen LogP contribution >= 0.6 is 0 Å². The second-order valence-electron chi connectivity index (χ2n) is 8.98. The summed E-state index contributed by atoms with van der Waals surface area (Å²) in [6, 6.07) is 16.4. The highest BCUT2D eigenvalue weighted by Crippen LogP contribution is 2.31. The van der Waals surface area contributed by atoms with Crippen LogP contribution in [-0.2, 0) is 4.79 Å². The molecule has 1 aliphatic heterocycles. The minimum atomic E-state index is -0.295. The molecule has 0 atom stereocenters. The number of halogens is 1. The van der Waals surface area contributed by atoms with Crippen LogP contribution in [-0.4, -0.2) is 52.4 Å². The number of benzene rings is 2. The van der Waals surface area contributed by atoms with E-state index in [-0.39, 0.29) is 17.6 Å². The van der Waals surface area contributed by atoms with Gasteiger partial charge < -0.3 is 14.4 Å². The summed E-state index contributed by atoms with van der Waals surface area (Å²) < 4.78 is 15.6. The van der Waals surface area contributed by atoms with Crippen molar-refractivity contribution in [3.8, 4) is 16.9 Å². The largest absolute Gasteiger partial charge is 0.339 e. The predicted octanol–water partition coefficient (Wildman–Crippen LogP) is 5.37. The summed E-state index contributed by atoms with van der Waals surface area (Å²) in [5.41, 5.74) is 5.26. The van der Waals surface area contributed by atoms with Crippen molar-refractivity contribution in [3.05, 3.63) is 77.2 Å². The first-order valence-electron chi connectivity index (χ1n) is 12.0. The topological polar surface area (TPSA) is 45.6 Å². The molecule has 0 spiro atoms. The van der Waals surface area contributed by atoms with Gasteiger partial charge in [-0.05, 0) is 68.3 Å². The van der Waals surface area contributed by atoms with Gasteiger partial charge in [-0.3, -0.25) is 9.59 Å². The zero-order valence-corrected chi connectivity index (χ0v) is 20.2. The van der Waals surface area contributed by atoms with E-state index in [0.717, 1.165) is 41.0 Å². The molecule has 34 heavy (non-hydrogen) atoms. The second-order valence-corrected chi connectivity index (χ2v) is 8.98. The Bertz CT molecular complexity index is 1160. The summed E-state index contributed by atoms with van der Waals surface area (Å²) in [7, 11) is 0. The van der Waals surface area contributed by atoms with Crippen LogP contribution < -0.4 is 0 Å². The van der Waals surface area contributed by atoms with Gasteiger partial charge in [-0.1, -0.05) is 31.0 Å². The second kappa shape index (κ2) is 10.2. The normalized spacial score (nSPS) is 13.9. The van der Waals surface area contributed by atoms with Crippen molar-refractivity contribution >= 4 is 11.8 Å². The molecule has 4 rings (SSSR count). The van der Waals surface area contributed by atoms with Gasteiger partial charge in [0.05, 0.1) is 11.3 Å². The van der Waals surface area contributed by atoms with E-state index in [4.69, 9.17) is 0 Å². The van der Waals surface area contributed by atoms with Gasteiger partial charge in [-0.2, -0.15) is 0 Å². The van der Waals surface area contributed by atoms with Crippen molar-refractivity contribution in [2.75, 3.05) is 26.2 Å². The van der Waals surface area contributed by atoms with Gasteiger partial charge in [0.25, 0.3) is 5.91 Å². The highest BCUT2D eigenvalue weighted by atomic mass is 19.1. The molecule has 5 nitrogen and oxygen atoms in total. The first-order chi connectivity index (χ1) is 16.4. The fourth-order valence-electron chi connectivity index (χ4n) is 4.50. The van der Waals surface area contributed by atoms with E-state index in [1.54, 1.807) is 12.1 Å². The summed E-state index contributed by atoms with van der Waals surface area (Å²) in [6.45, 7) is 8.25. The van der Waals surface area contributed by atoms with Crippen LogP contribution in [0.2, 0.25) is 0 Å². The Kier molecular flexibility index (Phi) is 7.15. The first-order valence-corrected chi connectivity index (χ1v) is 12.0. The Morgan fingerprint density at radius 3 is 2.12 bits per heavy atom. The lowest BCUT2D eigenvalue weighted by Crippen LogP contribution is -2.50. The van der Waals surface area contributed by atoms with E-state index in [1.807, 2.05) is 54.0 Å². The Morgan fingerprint density at radius 2 is 1.50 bits per heavy atom. The van der Waals surface area contributed by atoms with Crippen LogP contribution in [0.5, 0.6) is 0 Å². The number of unbranched alkanes of at least 4 members (excludes halogenated alkanes) is 1. The molecule has 1 aromatic heterocycles. The highest BCUT2D eigenvalue weighted by molar-refractivity contribution is 5.97. The average molecular weight is 462 g/mol. The zero-order valence-electron chi connectivity index (χ0n) is 20.2. The van der Waals surface area contributed by atoms with Crippen molar-refractivity contribution in [3.63, 3.8) is 0 Å². The molecule has 3 aromatic rings. The molecule has 2 amide bonds. The lowest BCUT2D eigenvalue weighted by atomic mass is 10.1. The van der Waals surface area contributed by atoms with Gasteiger partial charge in [0, 0.05) is 44.0 Å². The number of nitrogens with zero attached hydrogens (tertiary/aromatic N) is 3. The van der Waals surface area contributed by atoms with Gasteiger partial charge in [0.2, 0.25) is 5.91 Å². The van der Waals surface area contributed by atoms with Crippen LogP contribution in [0.25, 0.3) is 16.9 Å². The number of aryl methyl sites for hydroxylation is 1. The van der Waals surface area contributed by atoms with Crippen LogP contribution in [0.4, 0.5) is 4.39 Å². The molecule has 1 fully saturated rings. The SMILES string of the molecule is CCCCC(=O)N1CCN(C(=O)c2cc(-c3ccc(F)cc3)n(-c3ccc(C)cc3)c2C)CC1. The van der Waals surface area contributed by atoms with Crippen molar-refractivity contribution in [1.29, 1.82) is 0 Å². The van der Waals surface area contributed by atoms with Gasteiger partial charge >= 0.3 is 0 Å². The number of hydrogen-bond donors (Lipinski definition) is 0. The molecule has 0 N–H and O–H groups in total. The minimum absolute atomic E-state index is 0.0348. The molecule has 0 aliphatic carbocycles. The predicted molar refractivity (Wildman–Crippen MR) is 133 cm³/mol. The smallest absolute Gasteiger partial charge is 0.255 e. The number of amides is 2. The first kappa shape index (κ1) is 23.7. The molecule has 0 saturated carbocycles. The maximum absolute atomic E-state index is 13.6. The van der Waals surface area contributed by atoms with Crippen molar-refractivity contribution in [2.24, 2.45) is 0 Å². The molecule has 1 aliphatic rings. The average Bonchev–Trinajstić information content (AvgIpc) is 3.20. The van der Waals surface area contributed by atoms with Crippen molar-refractivity contribution in [2.45, 2.75) is 40.0 Å². The number of aromatic nitrogens is 1. The number of carbonyl (C=O) groups excluding carboxylic acids is 2. The van der Waals surface area contributed by atoms with Gasteiger partial charge in [-0.25, -0.2) is 4.39 Å². The molecule has 0 radical (unpaired) electrons. The van der Waals surface area contributed by atoms with Gasteiger partial charge in [-0.15, -0.1) is 0 Å². The fraction of sp³-hybridized carbons (Fsp3) is 0.357. The molecule has 1 saturated heterocycles. The van der Waals surface area contributed by atoms with E-state index in [2.05, 4.69) is 11.5 Å². The molecule has 6 heteroatoms. The summed E-state index contributed by atoms with van der Waals surface area (Å²) in [6.07, 6.45) is 2.47. The van der Waals surface area contributed by atoms with Crippen LogP contribution in [0.1, 0.15) is 47.8 Å². The van der Waals surface area contributed by atoms with E-state index < -0.39 is 0 Å². The van der Waals surface area contributed by atoms with E-state index >= 15 is 0 Å². The number of carbonyl (C=O) groups is 2. The number of rotatable bonds is 6. The lowest BCUT2D eigenvalue weighted by Gasteiger charge is -2.35. The molecule has 0 unspecified atom stereocenters. The van der Waals surface area contributed by atoms with Crippen LogP contribution in [0.15, 0.2) is 54.6 Å². The molecular formula is C28H32FN3O2. The minimum Gasteiger partial charge on any atom is -0.339 e. The Balaban J connectivity index is 1.63. The maximum Gasteiger partial charge on any atom is 0.255 e. The van der Waals surface area contributed by atoms with Crippen molar-refractivity contribution < 1.29 is 14.0 Å². The Labute approximate surface area is 200 Å². The quantitative estimate of drug-likeness (QED) is 0.495. The highest BCUT2D eigenvalue weighted by Gasteiger charge is 2.28. The van der Waals surface area contributed by atoms with Gasteiger partial charge in [0.15, 0.2) is 0 Å². The van der Waals surface area contributed by atoms with Crippen LogP contribution in [0, 0.1) is 19.7 Å². The van der Waals surface area contributed by atoms with Crippen LogP contribution in [0.3, 0.4) is 0 Å². The number of hydrogen-bond acceptors (Lipinski definition) is 2. The fourth-order valence-corrected chi connectivity index (χ4v) is 4.50. The maximum atomic E-state index is 13.6. The third kappa shape index (κ3) is 4.91. The zero-order chi connectivity index (χ0) is 24.2. The van der Waals surface area contributed by atoms with Gasteiger partial charge in [0.1, 0.15) is 5.82 Å².